The van der Waals surface area contributed by atoms with E-state index in [9.17, 15) is 8.78 Å². The third kappa shape index (κ3) is 11.6. The van der Waals surface area contributed by atoms with Gasteiger partial charge >= 0.3 is 0 Å². The second kappa shape index (κ2) is 16.6. The lowest BCUT2D eigenvalue weighted by Gasteiger charge is -2.13. The van der Waals surface area contributed by atoms with Gasteiger partial charge in [-0.3, -0.25) is 0 Å². The Bertz CT molecular complexity index is 737. The highest BCUT2D eigenvalue weighted by molar-refractivity contribution is 5.55. The van der Waals surface area contributed by atoms with E-state index >= 15 is 0 Å². The van der Waals surface area contributed by atoms with Crippen molar-refractivity contribution in [2.75, 3.05) is 6.61 Å². The van der Waals surface area contributed by atoms with Gasteiger partial charge in [-0.25, -0.2) is 18.7 Å². The number of benzene rings is 1. The van der Waals surface area contributed by atoms with E-state index < -0.39 is 12.3 Å². The van der Waals surface area contributed by atoms with Gasteiger partial charge in [0.05, 0.1) is 0 Å². The summed E-state index contributed by atoms with van der Waals surface area (Å²) in [6, 6.07) is 7.30. The van der Waals surface area contributed by atoms with Gasteiger partial charge in [0.25, 0.3) is 0 Å². The number of unbranched alkanes of at least 4 members (excludes halogenated alkanes) is 8. The van der Waals surface area contributed by atoms with Gasteiger partial charge in [0.15, 0.2) is 5.82 Å². The summed E-state index contributed by atoms with van der Waals surface area (Å²) in [5.74, 6) is 1.23. The molecule has 33 heavy (non-hydrogen) atoms. The standard InChI is InChI=1S/C28H42F2N2O/c1-3-5-7-8-9-10-11-12-13-23-20-31-28(32-21-23)24-15-17-27(18-16-24)33-22-26(30)19-25(29)14-6-4-2/h15-18,20-21,25-26H,3-14,19,22H2,1-2H3. The molecule has 1 aromatic carbocycles. The van der Waals surface area contributed by atoms with E-state index in [1.807, 2.05) is 31.5 Å². The molecule has 0 amide bonds. The van der Waals surface area contributed by atoms with Crippen molar-refractivity contribution in [1.82, 2.24) is 9.97 Å². The highest BCUT2D eigenvalue weighted by atomic mass is 19.1. The van der Waals surface area contributed by atoms with E-state index in [0.29, 0.717) is 18.0 Å². The van der Waals surface area contributed by atoms with Crippen molar-refractivity contribution in [2.24, 2.45) is 0 Å². The van der Waals surface area contributed by atoms with Gasteiger partial charge in [0.1, 0.15) is 24.7 Å². The number of aromatic nitrogens is 2. The molecule has 0 aliphatic carbocycles. The molecule has 0 fully saturated rings. The number of rotatable bonds is 18. The first-order valence-electron chi connectivity index (χ1n) is 12.9. The van der Waals surface area contributed by atoms with Crippen molar-refractivity contribution >= 4 is 0 Å². The molecular formula is C28H42F2N2O. The molecule has 0 aliphatic rings. The second-order valence-corrected chi connectivity index (χ2v) is 9.05. The van der Waals surface area contributed by atoms with Crippen LogP contribution in [0.25, 0.3) is 11.4 Å². The molecule has 0 radical (unpaired) electrons. The first-order chi connectivity index (χ1) is 16.1. The molecule has 2 unspecified atom stereocenters. The minimum absolute atomic E-state index is 0.1000. The fraction of sp³-hybridized carbons (Fsp3) is 0.643. The van der Waals surface area contributed by atoms with Crippen LogP contribution in [0.4, 0.5) is 8.78 Å². The van der Waals surface area contributed by atoms with Gasteiger partial charge in [0, 0.05) is 24.4 Å². The number of aryl methyl sites for hydroxylation is 1. The van der Waals surface area contributed by atoms with Crippen molar-refractivity contribution in [3.63, 3.8) is 0 Å². The molecule has 5 heteroatoms. The van der Waals surface area contributed by atoms with Crippen LogP contribution in [0.1, 0.15) is 96.5 Å². The average Bonchev–Trinajstić information content (AvgIpc) is 2.84. The number of hydrogen-bond donors (Lipinski definition) is 0. The van der Waals surface area contributed by atoms with Gasteiger partial charge in [-0.05, 0) is 49.1 Å². The Hall–Kier alpha value is -2.04. The first-order valence-corrected chi connectivity index (χ1v) is 12.9. The maximum atomic E-state index is 14.0. The Morgan fingerprint density at radius 2 is 1.36 bits per heavy atom. The zero-order valence-electron chi connectivity index (χ0n) is 20.6. The number of alkyl halides is 2. The van der Waals surface area contributed by atoms with Crippen LogP contribution >= 0.6 is 0 Å². The molecule has 3 nitrogen and oxygen atoms in total. The summed E-state index contributed by atoms with van der Waals surface area (Å²) < 4.78 is 33.1. The van der Waals surface area contributed by atoms with E-state index in [2.05, 4.69) is 16.9 Å². The summed E-state index contributed by atoms with van der Waals surface area (Å²) in [7, 11) is 0. The molecule has 0 saturated heterocycles. The summed E-state index contributed by atoms with van der Waals surface area (Å²) in [6.07, 6.45) is 15.0. The lowest BCUT2D eigenvalue weighted by atomic mass is 10.1. The molecule has 2 atom stereocenters. The minimum Gasteiger partial charge on any atom is -0.491 e. The number of nitrogens with zero attached hydrogens (tertiary/aromatic N) is 2. The molecule has 184 valence electrons. The molecule has 0 bridgehead atoms. The summed E-state index contributed by atoms with van der Waals surface area (Å²) in [4.78, 5) is 9.01. The molecule has 1 aromatic heterocycles. The van der Waals surface area contributed by atoms with Gasteiger partial charge in [-0.15, -0.1) is 0 Å². The van der Waals surface area contributed by atoms with Crippen molar-refractivity contribution < 1.29 is 13.5 Å². The Morgan fingerprint density at radius 1 is 0.758 bits per heavy atom. The van der Waals surface area contributed by atoms with Gasteiger partial charge in [-0.2, -0.15) is 0 Å². The van der Waals surface area contributed by atoms with Crippen LogP contribution in [0.5, 0.6) is 5.75 Å². The third-order valence-electron chi connectivity index (χ3n) is 5.95. The monoisotopic (exact) mass is 460 g/mol. The van der Waals surface area contributed by atoms with Crippen LogP contribution in [0.3, 0.4) is 0 Å². The lowest BCUT2D eigenvalue weighted by molar-refractivity contribution is 0.146. The summed E-state index contributed by atoms with van der Waals surface area (Å²) in [5, 5.41) is 0. The van der Waals surface area contributed by atoms with Crippen LogP contribution < -0.4 is 4.74 Å². The molecule has 0 N–H and O–H groups in total. The number of halogens is 2. The van der Waals surface area contributed by atoms with Crippen LogP contribution in [0, 0.1) is 0 Å². The summed E-state index contributed by atoms with van der Waals surface area (Å²) in [6.45, 7) is 4.13. The second-order valence-electron chi connectivity index (χ2n) is 9.05. The molecule has 2 aromatic rings. The molecule has 1 heterocycles. The largest absolute Gasteiger partial charge is 0.491 e. The normalized spacial score (nSPS) is 13.1. The van der Waals surface area contributed by atoms with Crippen molar-refractivity contribution in [2.45, 2.75) is 110 Å². The number of hydrogen-bond acceptors (Lipinski definition) is 3. The average molecular weight is 461 g/mol. The first kappa shape index (κ1) is 27.2. The molecule has 0 saturated carbocycles. The summed E-state index contributed by atoms with van der Waals surface area (Å²) >= 11 is 0. The zero-order valence-corrected chi connectivity index (χ0v) is 20.6. The van der Waals surface area contributed by atoms with E-state index in [4.69, 9.17) is 4.74 Å². The fourth-order valence-electron chi connectivity index (χ4n) is 3.87. The molecule has 0 aliphatic heterocycles. The molecular weight excluding hydrogens is 418 g/mol. The van der Waals surface area contributed by atoms with Crippen molar-refractivity contribution in [3.8, 4) is 17.1 Å². The third-order valence-corrected chi connectivity index (χ3v) is 5.95. The summed E-state index contributed by atoms with van der Waals surface area (Å²) in [5.41, 5.74) is 2.06. The van der Waals surface area contributed by atoms with Crippen LogP contribution in [0.15, 0.2) is 36.7 Å². The van der Waals surface area contributed by atoms with Gasteiger partial charge < -0.3 is 4.74 Å². The fourth-order valence-corrected chi connectivity index (χ4v) is 3.87. The minimum atomic E-state index is -1.30. The number of ether oxygens (including phenoxy) is 1. The lowest BCUT2D eigenvalue weighted by Crippen LogP contribution is -2.18. The van der Waals surface area contributed by atoms with Crippen LogP contribution in [-0.4, -0.2) is 28.9 Å². The maximum Gasteiger partial charge on any atom is 0.159 e. The SMILES string of the molecule is CCCCCCCCCCc1cnc(-c2ccc(OCC(F)CC(F)CCCC)cc2)nc1. The quantitative estimate of drug-likeness (QED) is 0.209. The maximum absolute atomic E-state index is 14.0. The molecule has 0 spiro atoms. The van der Waals surface area contributed by atoms with E-state index in [0.717, 1.165) is 24.8 Å². The van der Waals surface area contributed by atoms with Crippen molar-refractivity contribution in [1.29, 1.82) is 0 Å². The highest BCUT2D eigenvalue weighted by Crippen LogP contribution is 2.21. The predicted octanol–water partition coefficient (Wildman–Crippen LogP) is 8.46. The Labute approximate surface area is 199 Å². The van der Waals surface area contributed by atoms with E-state index in [-0.39, 0.29) is 13.0 Å². The highest BCUT2D eigenvalue weighted by Gasteiger charge is 2.15. The van der Waals surface area contributed by atoms with Crippen LogP contribution in [-0.2, 0) is 6.42 Å². The van der Waals surface area contributed by atoms with E-state index in [1.165, 1.54) is 56.9 Å². The molecule has 2 rings (SSSR count). The Balaban J connectivity index is 1.69. The smallest absolute Gasteiger partial charge is 0.159 e. The topological polar surface area (TPSA) is 35.0 Å². The van der Waals surface area contributed by atoms with Gasteiger partial charge in [-0.1, -0.05) is 71.6 Å². The van der Waals surface area contributed by atoms with Crippen LogP contribution in [0.2, 0.25) is 0 Å². The Morgan fingerprint density at radius 3 is 2.00 bits per heavy atom. The van der Waals surface area contributed by atoms with Crippen molar-refractivity contribution in [3.05, 3.63) is 42.2 Å². The van der Waals surface area contributed by atoms with Gasteiger partial charge in [0.2, 0.25) is 0 Å². The predicted molar refractivity (Wildman–Crippen MR) is 133 cm³/mol. The Kier molecular flexibility index (Phi) is 13.6. The zero-order chi connectivity index (χ0) is 23.7. The van der Waals surface area contributed by atoms with E-state index in [1.54, 1.807) is 12.1 Å².